The topological polar surface area (TPSA) is 153 Å². The highest BCUT2D eigenvalue weighted by atomic mass is 16.5. The molecule has 10 heteroatoms. The first kappa shape index (κ1) is 25.3. The lowest BCUT2D eigenvalue weighted by Crippen LogP contribution is -2.23. The van der Waals surface area contributed by atoms with E-state index in [-0.39, 0.29) is 30.0 Å². The third-order valence-corrected chi connectivity index (χ3v) is 7.35. The van der Waals surface area contributed by atoms with E-state index in [9.17, 15) is 19.8 Å². The Morgan fingerprint density at radius 3 is 2.45 bits per heavy atom. The molecule has 0 amide bonds. The molecule has 5 rings (SSSR count). The Hall–Kier alpha value is -4.31. The van der Waals surface area contributed by atoms with Gasteiger partial charge >= 0.3 is 5.97 Å². The van der Waals surface area contributed by atoms with Gasteiger partial charge in [0.1, 0.15) is 11.6 Å². The number of Topliss-reactive ketones (excluding diaryl/α,β-unsaturated/α-hetero) is 1. The number of benzene rings is 1. The lowest BCUT2D eigenvalue weighted by Gasteiger charge is -2.27. The molecular formula is C28H29N5O5. The molecule has 3 heterocycles. The van der Waals surface area contributed by atoms with Gasteiger partial charge in [-0.2, -0.15) is 9.61 Å². The summed E-state index contributed by atoms with van der Waals surface area (Å²) in [6.45, 7) is 1.31. The van der Waals surface area contributed by atoms with Gasteiger partial charge in [0.15, 0.2) is 11.4 Å². The number of anilines is 1. The summed E-state index contributed by atoms with van der Waals surface area (Å²) in [6, 6.07) is 9.31. The van der Waals surface area contributed by atoms with Crippen molar-refractivity contribution < 1.29 is 24.5 Å². The lowest BCUT2D eigenvalue weighted by molar-refractivity contribution is -0.142. The van der Waals surface area contributed by atoms with Crippen LogP contribution in [0.4, 0.5) is 5.82 Å². The number of ether oxygens (including phenoxy) is 1. The SMILES string of the molecule is COc1ccc(-c2ccc(-c3cnn4c(N)c(C(C)=O)c([C@H]5CC[C@H](C(=O)O)CC5)nc34)cn2)cc1CO. The van der Waals surface area contributed by atoms with Crippen molar-refractivity contribution in [3.63, 3.8) is 0 Å². The van der Waals surface area contributed by atoms with Crippen LogP contribution in [0.3, 0.4) is 0 Å². The minimum Gasteiger partial charge on any atom is -0.496 e. The van der Waals surface area contributed by atoms with Crippen molar-refractivity contribution in [3.05, 3.63) is 59.5 Å². The van der Waals surface area contributed by atoms with Gasteiger partial charge in [0.05, 0.1) is 42.8 Å². The van der Waals surface area contributed by atoms with Crippen LogP contribution in [0.15, 0.2) is 42.7 Å². The number of carbonyl (C=O) groups is 2. The third-order valence-electron chi connectivity index (χ3n) is 7.35. The molecule has 0 radical (unpaired) electrons. The smallest absolute Gasteiger partial charge is 0.306 e. The number of fused-ring (bicyclic) bond motifs is 1. The maximum atomic E-state index is 12.6. The van der Waals surface area contributed by atoms with Crippen LogP contribution in [-0.2, 0) is 11.4 Å². The highest BCUT2D eigenvalue weighted by Crippen LogP contribution is 2.39. The van der Waals surface area contributed by atoms with E-state index in [0.29, 0.717) is 53.9 Å². The van der Waals surface area contributed by atoms with Gasteiger partial charge in [-0.15, -0.1) is 0 Å². The van der Waals surface area contributed by atoms with E-state index in [2.05, 4.69) is 10.1 Å². The van der Waals surface area contributed by atoms with Crippen LogP contribution in [0.5, 0.6) is 5.75 Å². The molecule has 0 saturated heterocycles. The summed E-state index contributed by atoms with van der Waals surface area (Å²) in [4.78, 5) is 33.5. The number of hydrogen-bond donors (Lipinski definition) is 3. The summed E-state index contributed by atoms with van der Waals surface area (Å²) >= 11 is 0. The van der Waals surface area contributed by atoms with Gasteiger partial charge in [-0.1, -0.05) is 6.07 Å². The Labute approximate surface area is 219 Å². The zero-order valence-corrected chi connectivity index (χ0v) is 21.2. The Kier molecular flexibility index (Phi) is 6.81. The standard InChI is InChI=1S/C28H29N5O5/c1-15(35)24-25(16-3-5-17(6-4-16)28(36)37)32-27-21(13-31-33(27)26(24)29)19-7-9-22(30-12-19)18-8-10-23(38-2)20(11-18)14-34/h7-13,16-17,34H,3-6,14,29H2,1-2H3,(H,36,37)/t16-,17-. The predicted molar refractivity (Wildman–Crippen MR) is 141 cm³/mol. The second kappa shape index (κ2) is 10.2. The summed E-state index contributed by atoms with van der Waals surface area (Å²) in [6.07, 6.45) is 5.69. The van der Waals surface area contributed by atoms with Crippen LogP contribution in [0.25, 0.3) is 28.0 Å². The molecule has 4 aromatic rings. The number of nitrogens with two attached hydrogens (primary N) is 1. The number of carboxylic acids is 1. The number of pyridine rings is 1. The first-order valence-electron chi connectivity index (χ1n) is 12.5. The number of carboxylic acid groups (broad SMARTS) is 1. The highest BCUT2D eigenvalue weighted by Gasteiger charge is 2.31. The van der Waals surface area contributed by atoms with Crippen molar-refractivity contribution >= 4 is 23.2 Å². The van der Waals surface area contributed by atoms with Gasteiger partial charge < -0.3 is 20.7 Å². The molecule has 0 spiro atoms. The van der Waals surface area contributed by atoms with Gasteiger partial charge in [0, 0.05) is 34.4 Å². The minimum absolute atomic E-state index is 0.0594. The largest absolute Gasteiger partial charge is 0.496 e. The fraction of sp³-hybridized carbons (Fsp3) is 0.321. The maximum absolute atomic E-state index is 12.6. The molecule has 1 fully saturated rings. The maximum Gasteiger partial charge on any atom is 0.306 e. The van der Waals surface area contributed by atoms with Crippen molar-refractivity contribution in [1.29, 1.82) is 0 Å². The predicted octanol–water partition coefficient (Wildman–Crippen LogP) is 4.10. The van der Waals surface area contributed by atoms with Crippen LogP contribution in [0.2, 0.25) is 0 Å². The van der Waals surface area contributed by atoms with Gasteiger partial charge in [-0.3, -0.25) is 14.6 Å². The highest BCUT2D eigenvalue weighted by molar-refractivity contribution is 6.00. The van der Waals surface area contributed by atoms with Crippen LogP contribution >= 0.6 is 0 Å². The summed E-state index contributed by atoms with van der Waals surface area (Å²) in [5.41, 5.74) is 11.7. The number of aliphatic carboxylic acids is 1. The Morgan fingerprint density at radius 2 is 1.84 bits per heavy atom. The van der Waals surface area contributed by atoms with Crippen molar-refractivity contribution in [2.75, 3.05) is 12.8 Å². The summed E-state index contributed by atoms with van der Waals surface area (Å²) in [5, 5.41) is 23.4. The molecule has 196 valence electrons. The van der Waals surface area contributed by atoms with E-state index < -0.39 is 5.97 Å². The number of aromatic nitrogens is 4. The van der Waals surface area contributed by atoms with E-state index in [4.69, 9.17) is 15.5 Å². The number of rotatable bonds is 7. The number of nitrogen functional groups attached to an aromatic ring is 1. The van der Waals surface area contributed by atoms with Crippen LogP contribution < -0.4 is 10.5 Å². The molecule has 1 saturated carbocycles. The second-order valence-electron chi connectivity index (χ2n) is 9.61. The summed E-state index contributed by atoms with van der Waals surface area (Å²) < 4.78 is 6.76. The number of aliphatic hydroxyl groups is 1. The monoisotopic (exact) mass is 515 g/mol. The summed E-state index contributed by atoms with van der Waals surface area (Å²) in [7, 11) is 1.56. The number of hydrogen-bond acceptors (Lipinski definition) is 8. The molecule has 4 N–H and O–H groups in total. The van der Waals surface area contributed by atoms with Crippen molar-refractivity contribution in [1.82, 2.24) is 19.6 Å². The lowest BCUT2D eigenvalue weighted by atomic mass is 9.79. The van der Waals surface area contributed by atoms with Gasteiger partial charge in [0.2, 0.25) is 0 Å². The Morgan fingerprint density at radius 1 is 1.11 bits per heavy atom. The van der Waals surface area contributed by atoms with Crippen molar-refractivity contribution in [2.24, 2.45) is 5.92 Å². The first-order valence-corrected chi connectivity index (χ1v) is 12.5. The third kappa shape index (κ3) is 4.47. The molecule has 0 unspecified atom stereocenters. The average Bonchev–Trinajstić information content (AvgIpc) is 3.37. The van der Waals surface area contributed by atoms with E-state index in [1.807, 2.05) is 24.3 Å². The quantitative estimate of drug-likeness (QED) is 0.309. The fourth-order valence-electron chi connectivity index (χ4n) is 5.29. The van der Waals surface area contributed by atoms with E-state index >= 15 is 0 Å². The van der Waals surface area contributed by atoms with E-state index in [1.165, 1.54) is 11.4 Å². The van der Waals surface area contributed by atoms with E-state index in [0.717, 1.165) is 22.4 Å². The zero-order chi connectivity index (χ0) is 27.0. The minimum atomic E-state index is -0.783. The van der Waals surface area contributed by atoms with Crippen LogP contribution in [-0.4, -0.2) is 48.7 Å². The van der Waals surface area contributed by atoms with Gasteiger partial charge in [0.25, 0.3) is 0 Å². The fourth-order valence-corrected chi connectivity index (χ4v) is 5.29. The Balaban J connectivity index is 1.53. The number of aliphatic hydroxyl groups excluding tert-OH is 1. The average molecular weight is 516 g/mol. The molecule has 0 atom stereocenters. The molecule has 0 bridgehead atoms. The number of nitrogens with zero attached hydrogens (tertiary/aromatic N) is 4. The molecule has 1 aliphatic rings. The van der Waals surface area contributed by atoms with Crippen LogP contribution in [0, 0.1) is 5.92 Å². The molecule has 0 aliphatic heterocycles. The second-order valence-corrected chi connectivity index (χ2v) is 9.61. The Bertz CT molecular complexity index is 1520. The van der Waals surface area contributed by atoms with Crippen LogP contribution in [0.1, 0.15) is 60.1 Å². The molecule has 3 aromatic heterocycles. The zero-order valence-electron chi connectivity index (χ0n) is 21.2. The van der Waals surface area contributed by atoms with Crippen molar-refractivity contribution in [3.8, 4) is 28.1 Å². The number of ketones is 1. The molecule has 1 aromatic carbocycles. The summed E-state index contributed by atoms with van der Waals surface area (Å²) in [5.74, 6) is -0.576. The molecular weight excluding hydrogens is 486 g/mol. The number of carbonyl (C=O) groups excluding carboxylic acids is 1. The normalized spacial score (nSPS) is 17.4. The number of methoxy groups -OCH3 is 1. The van der Waals surface area contributed by atoms with Crippen molar-refractivity contribution in [2.45, 2.75) is 45.1 Å². The first-order chi connectivity index (χ1) is 18.3. The molecule has 10 nitrogen and oxygen atoms in total. The van der Waals surface area contributed by atoms with E-state index in [1.54, 1.807) is 25.6 Å². The molecule has 1 aliphatic carbocycles. The molecule has 38 heavy (non-hydrogen) atoms. The van der Waals surface area contributed by atoms with Gasteiger partial charge in [-0.25, -0.2) is 4.98 Å². The van der Waals surface area contributed by atoms with Gasteiger partial charge in [-0.05, 0) is 56.9 Å².